The third kappa shape index (κ3) is 3.47. The largest absolute Gasteiger partial charge is 0.494 e. The molecule has 0 aliphatic carbocycles. The van der Waals surface area contributed by atoms with Crippen molar-refractivity contribution >= 4 is 5.91 Å². The first-order chi connectivity index (χ1) is 9.24. The Hall–Kier alpha value is -1.55. The smallest absolute Gasteiger partial charge is 0.236 e. The molecule has 0 saturated carbocycles. The summed E-state index contributed by atoms with van der Waals surface area (Å²) in [4.78, 5) is 11.7. The molecule has 1 aliphatic heterocycles. The van der Waals surface area contributed by atoms with E-state index in [1.165, 1.54) is 5.56 Å². The molecule has 1 aliphatic rings. The van der Waals surface area contributed by atoms with Gasteiger partial charge in [-0.1, -0.05) is 12.1 Å². The molecule has 2 unspecified atom stereocenters. The minimum Gasteiger partial charge on any atom is -0.494 e. The molecule has 0 spiro atoms. The molecule has 0 bridgehead atoms. The first kappa shape index (κ1) is 13.9. The number of nitrogens with one attached hydrogen (secondary N) is 2. The summed E-state index contributed by atoms with van der Waals surface area (Å²) in [5.41, 5.74) is 1.29. The van der Waals surface area contributed by atoms with Crippen molar-refractivity contribution in [2.75, 3.05) is 20.2 Å². The van der Waals surface area contributed by atoms with Gasteiger partial charge < -0.3 is 15.4 Å². The normalized spacial score (nSPS) is 22.8. The molecule has 104 valence electrons. The van der Waals surface area contributed by atoms with E-state index >= 15 is 0 Å². The zero-order chi connectivity index (χ0) is 13.7. The Labute approximate surface area is 114 Å². The van der Waals surface area contributed by atoms with Crippen LogP contribution in [0.5, 0.6) is 5.75 Å². The lowest BCUT2D eigenvalue weighted by Crippen LogP contribution is -2.47. The topological polar surface area (TPSA) is 50.4 Å². The van der Waals surface area contributed by atoms with Gasteiger partial charge in [0.15, 0.2) is 0 Å². The van der Waals surface area contributed by atoms with Gasteiger partial charge in [-0.15, -0.1) is 0 Å². The molecular formula is C15H22N2O2. The van der Waals surface area contributed by atoms with Gasteiger partial charge in [0, 0.05) is 7.05 Å². The van der Waals surface area contributed by atoms with Crippen molar-refractivity contribution in [3.63, 3.8) is 0 Å². The number of benzene rings is 1. The zero-order valence-electron chi connectivity index (χ0n) is 11.6. The van der Waals surface area contributed by atoms with E-state index in [1.807, 2.05) is 19.1 Å². The highest BCUT2D eigenvalue weighted by Crippen LogP contribution is 2.29. The van der Waals surface area contributed by atoms with Crippen molar-refractivity contribution in [2.24, 2.45) is 0 Å². The Morgan fingerprint density at radius 2 is 2.16 bits per heavy atom. The number of hydrogen-bond acceptors (Lipinski definition) is 3. The molecule has 0 radical (unpaired) electrons. The van der Waals surface area contributed by atoms with Crippen LogP contribution in [0.4, 0.5) is 0 Å². The van der Waals surface area contributed by atoms with Crippen LogP contribution >= 0.6 is 0 Å². The van der Waals surface area contributed by atoms with E-state index in [0.717, 1.165) is 25.1 Å². The summed E-state index contributed by atoms with van der Waals surface area (Å²) in [6.45, 7) is 3.55. The lowest BCUT2D eigenvalue weighted by Gasteiger charge is -2.29. The van der Waals surface area contributed by atoms with Crippen LogP contribution in [0, 0.1) is 0 Å². The zero-order valence-corrected chi connectivity index (χ0v) is 11.6. The van der Waals surface area contributed by atoms with Crippen LogP contribution in [0.3, 0.4) is 0 Å². The first-order valence-electron chi connectivity index (χ1n) is 6.92. The second-order valence-electron chi connectivity index (χ2n) is 4.84. The molecule has 19 heavy (non-hydrogen) atoms. The van der Waals surface area contributed by atoms with Crippen LogP contribution in [0.15, 0.2) is 24.3 Å². The number of rotatable bonds is 4. The maximum absolute atomic E-state index is 11.7. The van der Waals surface area contributed by atoms with Gasteiger partial charge in [-0.25, -0.2) is 0 Å². The summed E-state index contributed by atoms with van der Waals surface area (Å²) in [6.07, 6.45) is 1.93. The molecule has 1 amide bonds. The van der Waals surface area contributed by atoms with E-state index in [1.54, 1.807) is 7.05 Å². The molecule has 1 aromatic carbocycles. The second kappa shape index (κ2) is 6.57. The van der Waals surface area contributed by atoms with Gasteiger partial charge in [0.1, 0.15) is 5.75 Å². The van der Waals surface area contributed by atoms with E-state index in [4.69, 9.17) is 4.74 Å². The number of piperidine rings is 1. The first-order valence-corrected chi connectivity index (χ1v) is 6.92. The Morgan fingerprint density at radius 1 is 1.42 bits per heavy atom. The van der Waals surface area contributed by atoms with Crippen LogP contribution in [0.25, 0.3) is 0 Å². The van der Waals surface area contributed by atoms with Crippen LogP contribution in [-0.2, 0) is 4.79 Å². The Kier molecular flexibility index (Phi) is 4.80. The molecule has 2 atom stereocenters. The number of likely N-dealkylation sites (N-methyl/N-ethyl adjacent to an activating group) is 1. The molecule has 4 nitrogen and oxygen atoms in total. The number of hydrogen-bond donors (Lipinski definition) is 2. The van der Waals surface area contributed by atoms with Gasteiger partial charge in [-0.2, -0.15) is 0 Å². The summed E-state index contributed by atoms with van der Waals surface area (Å²) >= 11 is 0. The molecule has 2 N–H and O–H groups in total. The molecule has 1 fully saturated rings. The van der Waals surface area contributed by atoms with Gasteiger partial charge in [0.2, 0.25) is 5.91 Å². The van der Waals surface area contributed by atoms with E-state index < -0.39 is 0 Å². The van der Waals surface area contributed by atoms with Gasteiger partial charge in [-0.3, -0.25) is 4.79 Å². The lowest BCUT2D eigenvalue weighted by atomic mass is 9.86. The Bertz CT molecular complexity index is 417. The van der Waals surface area contributed by atoms with E-state index in [-0.39, 0.29) is 11.9 Å². The van der Waals surface area contributed by atoms with E-state index in [0.29, 0.717) is 12.5 Å². The Morgan fingerprint density at radius 3 is 2.79 bits per heavy atom. The highest BCUT2D eigenvalue weighted by atomic mass is 16.5. The maximum atomic E-state index is 11.7. The maximum Gasteiger partial charge on any atom is 0.236 e. The number of amides is 1. The van der Waals surface area contributed by atoms with Gasteiger partial charge in [-0.05, 0) is 49.9 Å². The van der Waals surface area contributed by atoms with Crippen LogP contribution in [0.1, 0.15) is 31.2 Å². The fourth-order valence-corrected chi connectivity index (χ4v) is 2.60. The number of ether oxygens (including phenoxy) is 1. The van der Waals surface area contributed by atoms with Gasteiger partial charge in [0.05, 0.1) is 12.6 Å². The molecule has 1 saturated heterocycles. The predicted molar refractivity (Wildman–Crippen MR) is 75.4 cm³/mol. The molecule has 2 rings (SSSR count). The SMILES string of the molecule is CCOc1ccc(C2CCNC(C(=O)NC)C2)cc1. The minimum atomic E-state index is -0.0738. The molecule has 0 aromatic heterocycles. The van der Waals surface area contributed by atoms with Crippen molar-refractivity contribution in [2.45, 2.75) is 31.7 Å². The molecule has 1 heterocycles. The molecular weight excluding hydrogens is 240 g/mol. The quantitative estimate of drug-likeness (QED) is 0.868. The standard InChI is InChI=1S/C15H22N2O2/c1-3-19-13-6-4-11(5-7-13)12-8-9-17-14(10-12)15(18)16-2/h4-7,12,14,17H,3,8-10H2,1-2H3,(H,16,18). The number of carbonyl (C=O) groups is 1. The molecule has 4 heteroatoms. The second-order valence-corrected chi connectivity index (χ2v) is 4.84. The van der Waals surface area contributed by atoms with Crippen LogP contribution in [0.2, 0.25) is 0 Å². The average Bonchev–Trinajstić information content (AvgIpc) is 2.48. The number of carbonyl (C=O) groups excluding carboxylic acids is 1. The highest BCUT2D eigenvalue weighted by molar-refractivity contribution is 5.81. The molecule has 1 aromatic rings. The van der Waals surface area contributed by atoms with Crippen molar-refractivity contribution in [3.05, 3.63) is 29.8 Å². The highest BCUT2D eigenvalue weighted by Gasteiger charge is 2.26. The van der Waals surface area contributed by atoms with E-state index in [9.17, 15) is 4.79 Å². The summed E-state index contributed by atoms with van der Waals surface area (Å²) in [6, 6.07) is 8.17. The monoisotopic (exact) mass is 262 g/mol. The Balaban J connectivity index is 2.02. The lowest BCUT2D eigenvalue weighted by molar-refractivity contribution is -0.123. The van der Waals surface area contributed by atoms with Crippen molar-refractivity contribution in [1.82, 2.24) is 10.6 Å². The van der Waals surface area contributed by atoms with Crippen molar-refractivity contribution in [1.29, 1.82) is 0 Å². The summed E-state index contributed by atoms with van der Waals surface area (Å²) in [5, 5.41) is 5.98. The fourth-order valence-electron chi connectivity index (χ4n) is 2.60. The van der Waals surface area contributed by atoms with Crippen molar-refractivity contribution < 1.29 is 9.53 Å². The summed E-state index contributed by atoms with van der Waals surface area (Å²) in [7, 11) is 1.69. The van der Waals surface area contributed by atoms with Crippen LogP contribution in [-0.4, -0.2) is 32.1 Å². The van der Waals surface area contributed by atoms with Crippen molar-refractivity contribution in [3.8, 4) is 5.75 Å². The third-order valence-corrected chi connectivity index (χ3v) is 3.63. The fraction of sp³-hybridized carbons (Fsp3) is 0.533. The van der Waals surface area contributed by atoms with Crippen LogP contribution < -0.4 is 15.4 Å². The summed E-state index contributed by atoms with van der Waals surface area (Å²) < 4.78 is 5.45. The minimum absolute atomic E-state index is 0.0738. The average molecular weight is 262 g/mol. The van der Waals surface area contributed by atoms with Gasteiger partial charge in [0.25, 0.3) is 0 Å². The third-order valence-electron chi connectivity index (χ3n) is 3.63. The van der Waals surface area contributed by atoms with Gasteiger partial charge >= 0.3 is 0 Å². The summed E-state index contributed by atoms with van der Waals surface area (Å²) in [5.74, 6) is 1.43. The predicted octanol–water partition coefficient (Wildman–Crippen LogP) is 1.67. The van der Waals surface area contributed by atoms with E-state index in [2.05, 4.69) is 22.8 Å².